The van der Waals surface area contributed by atoms with E-state index in [-0.39, 0.29) is 0 Å². The van der Waals surface area contributed by atoms with Crippen LogP contribution in [0.1, 0.15) is 35.3 Å². The summed E-state index contributed by atoms with van der Waals surface area (Å²) in [7, 11) is 0. The van der Waals surface area contributed by atoms with Gasteiger partial charge in [-0.05, 0) is 79.7 Å². The second kappa shape index (κ2) is 9.73. The molecule has 0 saturated carbocycles. The summed E-state index contributed by atoms with van der Waals surface area (Å²) in [6.07, 6.45) is 5.72. The van der Waals surface area contributed by atoms with Crippen LogP contribution in [-0.4, -0.2) is 35.5 Å². The number of rotatable bonds is 5. The lowest BCUT2D eigenvalue weighted by atomic mass is 10.0. The normalized spacial score (nSPS) is 16.2. The largest absolute Gasteiger partial charge is 0.383 e. The van der Waals surface area contributed by atoms with Gasteiger partial charge in [0.25, 0.3) is 0 Å². The summed E-state index contributed by atoms with van der Waals surface area (Å²) in [5.74, 6) is 1.44. The Morgan fingerprint density at radius 3 is 2.78 bits per heavy atom. The minimum Gasteiger partial charge on any atom is -0.383 e. The fourth-order valence-electron chi connectivity index (χ4n) is 5.27. The van der Waals surface area contributed by atoms with Gasteiger partial charge in [-0.3, -0.25) is 4.90 Å². The molecule has 36 heavy (non-hydrogen) atoms. The predicted octanol–water partition coefficient (Wildman–Crippen LogP) is 6.80. The van der Waals surface area contributed by atoms with Gasteiger partial charge in [-0.1, -0.05) is 30.2 Å². The Labute approximate surface area is 220 Å². The molecule has 8 heteroatoms. The number of pyridine rings is 1. The summed E-state index contributed by atoms with van der Waals surface area (Å²) in [5, 5.41) is 8.64. The topological polar surface area (TPSA) is 69.8 Å². The van der Waals surface area contributed by atoms with Crippen LogP contribution in [-0.2, 0) is 6.54 Å². The van der Waals surface area contributed by atoms with E-state index in [1.165, 1.54) is 24.8 Å². The average molecular weight is 517 g/mol. The second-order valence-corrected chi connectivity index (χ2v) is 10.8. The van der Waals surface area contributed by atoms with Gasteiger partial charge in [0, 0.05) is 34.2 Å². The molecule has 6 nitrogen and oxygen atoms in total. The molecule has 4 aromatic rings. The number of piperidine rings is 1. The van der Waals surface area contributed by atoms with Gasteiger partial charge < -0.3 is 16.0 Å². The molecule has 4 heterocycles. The molecule has 0 aliphatic carbocycles. The second-order valence-electron chi connectivity index (χ2n) is 9.50. The quantitative estimate of drug-likeness (QED) is 0.305. The zero-order valence-electron chi connectivity index (χ0n) is 20.3. The van der Waals surface area contributed by atoms with Crippen molar-refractivity contribution in [2.24, 2.45) is 10.7 Å². The molecule has 0 atom stereocenters. The number of amidine groups is 1. The zero-order valence-corrected chi connectivity index (χ0v) is 21.9. The minimum absolute atomic E-state index is 0.498. The first-order valence-electron chi connectivity index (χ1n) is 12.4. The zero-order chi connectivity index (χ0) is 24.6. The summed E-state index contributed by atoms with van der Waals surface area (Å²) >= 11 is 8.21. The number of halogens is 1. The van der Waals surface area contributed by atoms with Crippen LogP contribution < -0.4 is 16.0 Å². The van der Waals surface area contributed by atoms with Crippen molar-refractivity contribution in [2.75, 3.05) is 30.0 Å². The van der Waals surface area contributed by atoms with Crippen LogP contribution in [0.5, 0.6) is 0 Å². The number of hydrogen-bond acceptors (Lipinski definition) is 7. The summed E-state index contributed by atoms with van der Waals surface area (Å²) in [6.45, 7) is 5.79. The molecule has 1 saturated heterocycles. The monoisotopic (exact) mass is 516 g/mol. The van der Waals surface area contributed by atoms with Crippen molar-refractivity contribution in [3.05, 3.63) is 75.1 Å². The minimum atomic E-state index is 0.498. The summed E-state index contributed by atoms with van der Waals surface area (Å²) in [6, 6.07) is 14.7. The SMILES string of the molecule is Cc1ccc2c(Nc3ccc(Cl)c(CN4CCCCC4)c3)nccc2c1N1CN=C(N)c2sccc21. The van der Waals surface area contributed by atoms with Crippen molar-refractivity contribution in [3.63, 3.8) is 0 Å². The Bertz CT molecular complexity index is 1460. The van der Waals surface area contributed by atoms with Gasteiger partial charge in [0.1, 0.15) is 18.3 Å². The van der Waals surface area contributed by atoms with Crippen LogP contribution in [0.25, 0.3) is 10.8 Å². The molecule has 184 valence electrons. The van der Waals surface area contributed by atoms with Crippen LogP contribution in [0.3, 0.4) is 0 Å². The average Bonchev–Trinajstić information content (AvgIpc) is 3.39. The Morgan fingerprint density at radius 2 is 1.92 bits per heavy atom. The highest BCUT2D eigenvalue weighted by Gasteiger charge is 2.24. The van der Waals surface area contributed by atoms with E-state index in [9.17, 15) is 0 Å². The first-order valence-corrected chi connectivity index (χ1v) is 13.7. The maximum atomic E-state index is 6.59. The maximum absolute atomic E-state index is 6.59. The maximum Gasteiger partial charge on any atom is 0.139 e. The molecule has 2 aliphatic heterocycles. The van der Waals surface area contributed by atoms with Gasteiger partial charge in [-0.25, -0.2) is 9.98 Å². The van der Waals surface area contributed by atoms with Gasteiger partial charge in [0.15, 0.2) is 0 Å². The highest BCUT2D eigenvalue weighted by Crippen LogP contribution is 2.41. The molecule has 0 bridgehead atoms. The number of nitrogens with two attached hydrogens (primary N) is 1. The first kappa shape index (κ1) is 23.3. The predicted molar refractivity (Wildman–Crippen MR) is 152 cm³/mol. The van der Waals surface area contributed by atoms with E-state index >= 15 is 0 Å². The number of nitrogens with one attached hydrogen (secondary N) is 1. The third-order valence-electron chi connectivity index (χ3n) is 7.09. The Hall–Kier alpha value is -3.13. The number of anilines is 4. The lowest BCUT2D eigenvalue weighted by molar-refractivity contribution is 0.221. The fourth-order valence-corrected chi connectivity index (χ4v) is 6.26. The summed E-state index contributed by atoms with van der Waals surface area (Å²) in [5.41, 5.74) is 11.7. The fraction of sp³-hybridized carbons (Fsp3) is 0.286. The molecular weight excluding hydrogens is 488 g/mol. The molecule has 0 amide bonds. The van der Waals surface area contributed by atoms with Crippen LogP contribution in [0.15, 0.2) is 59.0 Å². The molecule has 2 aromatic heterocycles. The number of likely N-dealkylation sites (tertiary alicyclic amines) is 1. The van der Waals surface area contributed by atoms with Crippen molar-refractivity contribution in [1.29, 1.82) is 0 Å². The molecule has 0 spiro atoms. The van der Waals surface area contributed by atoms with Gasteiger partial charge in [-0.2, -0.15) is 0 Å². The van der Waals surface area contributed by atoms with Crippen molar-refractivity contribution in [1.82, 2.24) is 9.88 Å². The van der Waals surface area contributed by atoms with Crippen LogP contribution >= 0.6 is 22.9 Å². The molecule has 0 unspecified atom stereocenters. The van der Waals surface area contributed by atoms with E-state index in [0.29, 0.717) is 12.5 Å². The van der Waals surface area contributed by atoms with Gasteiger partial charge in [0.05, 0.1) is 16.3 Å². The number of hydrogen-bond donors (Lipinski definition) is 2. The lowest BCUT2D eigenvalue weighted by Crippen LogP contribution is -2.29. The van der Waals surface area contributed by atoms with Crippen molar-refractivity contribution >= 4 is 62.4 Å². The molecule has 3 N–H and O–H groups in total. The van der Waals surface area contributed by atoms with E-state index in [0.717, 1.165) is 68.7 Å². The molecule has 6 rings (SSSR count). The highest BCUT2D eigenvalue weighted by atomic mass is 35.5. The van der Waals surface area contributed by atoms with Crippen LogP contribution in [0.2, 0.25) is 5.02 Å². The van der Waals surface area contributed by atoms with Crippen molar-refractivity contribution in [2.45, 2.75) is 32.7 Å². The van der Waals surface area contributed by atoms with Gasteiger partial charge in [-0.15, -0.1) is 11.3 Å². The number of aryl methyl sites for hydroxylation is 1. The van der Waals surface area contributed by atoms with Gasteiger partial charge in [0.2, 0.25) is 0 Å². The van der Waals surface area contributed by atoms with E-state index in [4.69, 9.17) is 22.3 Å². The third kappa shape index (κ3) is 4.32. The smallest absolute Gasteiger partial charge is 0.139 e. The first-order chi connectivity index (χ1) is 17.6. The highest BCUT2D eigenvalue weighted by molar-refractivity contribution is 7.12. The molecule has 0 radical (unpaired) electrons. The number of aliphatic imine (C=N–C) groups is 1. The van der Waals surface area contributed by atoms with E-state index < -0.39 is 0 Å². The Balaban J connectivity index is 1.35. The standard InChI is InChI=1S/C28H29ClN6S/c1-18-5-7-22-21(25(18)35-17-32-27(30)26-24(35)10-14-36-26)9-11-31-28(22)33-20-6-8-23(29)19(15-20)16-34-12-3-2-4-13-34/h5-11,14-15H,2-4,12-13,16-17H2,1H3,(H2,30,32)(H,31,33). The van der Waals surface area contributed by atoms with Crippen molar-refractivity contribution < 1.29 is 0 Å². The van der Waals surface area contributed by atoms with E-state index in [1.807, 2.05) is 18.3 Å². The van der Waals surface area contributed by atoms with Gasteiger partial charge >= 0.3 is 0 Å². The number of nitrogens with zero attached hydrogens (tertiary/aromatic N) is 4. The number of thiophene rings is 1. The Kier molecular flexibility index (Phi) is 6.29. The summed E-state index contributed by atoms with van der Waals surface area (Å²) < 4.78 is 0. The van der Waals surface area contributed by atoms with Crippen LogP contribution in [0.4, 0.5) is 22.9 Å². The molecular formula is C28H29ClN6S. The third-order valence-corrected chi connectivity index (χ3v) is 8.39. The number of benzene rings is 2. The number of fused-ring (bicyclic) bond motifs is 2. The molecule has 1 fully saturated rings. The molecule has 2 aromatic carbocycles. The number of aromatic nitrogens is 1. The van der Waals surface area contributed by atoms with E-state index in [2.05, 4.69) is 62.7 Å². The lowest BCUT2D eigenvalue weighted by Gasteiger charge is -2.29. The van der Waals surface area contributed by atoms with Crippen molar-refractivity contribution in [3.8, 4) is 0 Å². The van der Waals surface area contributed by atoms with Crippen LogP contribution in [0, 0.1) is 6.92 Å². The van der Waals surface area contributed by atoms with E-state index in [1.54, 1.807) is 11.3 Å². The Morgan fingerprint density at radius 1 is 1.06 bits per heavy atom. The molecule has 2 aliphatic rings. The summed E-state index contributed by atoms with van der Waals surface area (Å²) in [4.78, 5) is 15.1.